The van der Waals surface area contributed by atoms with E-state index in [1.807, 2.05) is 0 Å². The molecule has 2 rings (SSSR count). The molecular formula is C16H12F6N2. The first-order valence-electron chi connectivity index (χ1n) is 6.69. The number of amidine groups is 1. The van der Waals surface area contributed by atoms with Crippen LogP contribution in [0.25, 0.3) is 0 Å². The summed E-state index contributed by atoms with van der Waals surface area (Å²) >= 11 is 0. The molecular weight excluding hydrogens is 334 g/mol. The van der Waals surface area contributed by atoms with Gasteiger partial charge in [-0.1, -0.05) is 24.3 Å². The van der Waals surface area contributed by atoms with E-state index in [1.54, 1.807) is 12.1 Å². The maximum absolute atomic E-state index is 12.9. The lowest BCUT2D eigenvalue weighted by molar-refractivity contribution is -0.143. The summed E-state index contributed by atoms with van der Waals surface area (Å²) in [5.74, 6) is -0.311. The van der Waals surface area contributed by atoms with Gasteiger partial charge in [0.05, 0.1) is 11.1 Å². The Kier molecular flexibility index (Phi) is 4.59. The largest absolute Gasteiger partial charge is 0.416 e. The van der Waals surface area contributed by atoms with E-state index in [-0.39, 0.29) is 29.4 Å². The third-order valence-electron chi connectivity index (χ3n) is 3.35. The van der Waals surface area contributed by atoms with Crippen LogP contribution in [0.1, 0.15) is 27.8 Å². The molecule has 0 bridgehead atoms. The molecule has 24 heavy (non-hydrogen) atoms. The molecule has 0 radical (unpaired) electrons. The highest BCUT2D eigenvalue weighted by atomic mass is 19.4. The zero-order valence-corrected chi connectivity index (χ0v) is 12.1. The Morgan fingerprint density at radius 3 is 1.83 bits per heavy atom. The van der Waals surface area contributed by atoms with Crippen molar-refractivity contribution in [1.82, 2.24) is 0 Å². The van der Waals surface area contributed by atoms with Crippen molar-refractivity contribution in [2.45, 2.75) is 18.8 Å². The van der Waals surface area contributed by atoms with Crippen molar-refractivity contribution >= 4 is 5.84 Å². The van der Waals surface area contributed by atoms with Crippen molar-refractivity contribution in [3.05, 3.63) is 70.3 Å². The standard InChI is InChI=1S/C16H12F6N2/c17-15(18,19)11-6-9(7-12(8-11)16(20,21)22)5-10-3-1-2-4-13(10)14(23)24/h1-4,6-8H,5H2,(H3,23,24). The van der Waals surface area contributed by atoms with Gasteiger partial charge in [0.25, 0.3) is 0 Å². The van der Waals surface area contributed by atoms with E-state index in [0.29, 0.717) is 17.7 Å². The Morgan fingerprint density at radius 2 is 1.38 bits per heavy atom. The van der Waals surface area contributed by atoms with Gasteiger partial charge in [0.2, 0.25) is 0 Å². The van der Waals surface area contributed by atoms with E-state index in [2.05, 4.69) is 0 Å². The molecule has 0 atom stereocenters. The zero-order valence-electron chi connectivity index (χ0n) is 12.1. The highest BCUT2D eigenvalue weighted by Crippen LogP contribution is 2.36. The molecule has 0 aliphatic heterocycles. The molecule has 0 aromatic heterocycles. The second-order valence-corrected chi connectivity index (χ2v) is 5.16. The maximum atomic E-state index is 12.9. The second kappa shape index (κ2) is 6.18. The molecule has 0 saturated carbocycles. The number of rotatable bonds is 3. The van der Waals surface area contributed by atoms with E-state index in [9.17, 15) is 26.3 Å². The van der Waals surface area contributed by atoms with Crippen molar-refractivity contribution in [2.75, 3.05) is 0 Å². The van der Waals surface area contributed by atoms with Crippen LogP contribution < -0.4 is 5.73 Å². The van der Waals surface area contributed by atoms with Crippen molar-refractivity contribution < 1.29 is 26.3 Å². The predicted octanol–water partition coefficient (Wildman–Crippen LogP) is 4.60. The first-order valence-corrected chi connectivity index (χ1v) is 6.69. The Bertz CT molecular complexity index is 730. The number of nitrogen functional groups attached to an aromatic ring is 1. The van der Waals surface area contributed by atoms with Gasteiger partial charge in [0.15, 0.2) is 0 Å². The molecule has 8 heteroatoms. The number of nitrogens with two attached hydrogens (primary N) is 1. The summed E-state index contributed by atoms with van der Waals surface area (Å²) in [6, 6.07) is 7.56. The van der Waals surface area contributed by atoms with Crippen molar-refractivity contribution in [1.29, 1.82) is 5.41 Å². The van der Waals surface area contributed by atoms with Crippen LogP contribution in [0, 0.1) is 5.41 Å². The van der Waals surface area contributed by atoms with Gasteiger partial charge in [-0.3, -0.25) is 5.41 Å². The highest BCUT2D eigenvalue weighted by Gasteiger charge is 2.36. The van der Waals surface area contributed by atoms with Gasteiger partial charge >= 0.3 is 12.4 Å². The van der Waals surface area contributed by atoms with Gasteiger partial charge in [-0.25, -0.2) is 0 Å². The zero-order chi connectivity index (χ0) is 18.1. The minimum absolute atomic E-state index is 0.0837. The molecule has 0 unspecified atom stereocenters. The molecule has 0 aliphatic rings. The Balaban J connectivity index is 2.53. The lowest BCUT2D eigenvalue weighted by Gasteiger charge is -2.15. The van der Waals surface area contributed by atoms with Crippen LogP contribution in [0.3, 0.4) is 0 Å². The lowest BCUT2D eigenvalue weighted by atomic mass is 9.96. The molecule has 3 N–H and O–H groups in total. The summed E-state index contributed by atoms with van der Waals surface area (Å²) in [4.78, 5) is 0. The fourth-order valence-electron chi connectivity index (χ4n) is 2.28. The van der Waals surface area contributed by atoms with Gasteiger partial charge in [0, 0.05) is 5.56 Å². The second-order valence-electron chi connectivity index (χ2n) is 5.16. The van der Waals surface area contributed by atoms with Crippen molar-refractivity contribution in [2.24, 2.45) is 5.73 Å². The topological polar surface area (TPSA) is 49.9 Å². The van der Waals surface area contributed by atoms with Crippen LogP contribution in [0.15, 0.2) is 42.5 Å². The molecule has 0 spiro atoms. The average molecular weight is 346 g/mol. The third-order valence-corrected chi connectivity index (χ3v) is 3.35. The summed E-state index contributed by atoms with van der Waals surface area (Å²) in [5, 5.41) is 7.44. The number of hydrogen-bond donors (Lipinski definition) is 2. The lowest BCUT2D eigenvalue weighted by Crippen LogP contribution is -2.15. The normalized spacial score (nSPS) is 12.2. The van der Waals surface area contributed by atoms with E-state index in [0.717, 1.165) is 0 Å². The van der Waals surface area contributed by atoms with Crippen LogP contribution in [0.5, 0.6) is 0 Å². The Morgan fingerprint density at radius 1 is 0.875 bits per heavy atom. The Hall–Kier alpha value is -2.51. The summed E-state index contributed by atoms with van der Waals surface area (Å²) < 4.78 is 77.2. The number of halogens is 6. The van der Waals surface area contributed by atoms with Gasteiger partial charge < -0.3 is 5.73 Å². The van der Waals surface area contributed by atoms with E-state index < -0.39 is 23.5 Å². The van der Waals surface area contributed by atoms with Crippen LogP contribution in [0.4, 0.5) is 26.3 Å². The smallest absolute Gasteiger partial charge is 0.384 e. The molecule has 2 aromatic carbocycles. The first kappa shape index (κ1) is 17.8. The van der Waals surface area contributed by atoms with Gasteiger partial charge in [-0.05, 0) is 35.7 Å². The minimum atomic E-state index is -4.89. The highest BCUT2D eigenvalue weighted by molar-refractivity contribution is 5.96. The van der Waals surface area contributed by atoms with E-state index in [4.69, 9.17) is 11.1 Å². The fourth-order valence-corrected chi connectivity index (χ4v) is 2.28. The minimum Gasteiger partial charge on any atom is -0.384 e. The monoisotopic (exact) mass is 346 g/mol. The number of nitrogens with one attached hydrogen (secondary N) is 1. The summed E-state index contributed by atoms with van der Waals surface area (Å²) in [5.41, 5.74) is 3.13. The quantitative estimate of drug-likeness (QED) is 0.476. The van der Waals surface area contributed by atoms with Gasteiger partial charge in [-0.2, -0.15) is 26.3 Å². The van der Waals surface area contributed by atoms with Crippen LogP contribution >= 0.6 is 0 Å². The molecule has 2 aromatic rings. The molecule has 0 heterocycles. The summed E-state index contributed by atoms with van der Waals surface area (Å²) in [7, 11) is 0. The van der Waals surface area contributed by atoms with Crippen molar-refractivity contribution in [3.8, 4) is 0 Å². The first-order chi connectivity index (χ1) is 11.0. The molecule has 0 fully saturated rings. The molecule has 2 nitrogen and oxygen atoms in total. The SMILES string of the molecule is N=C(N)c1ccccc1Cc1cc(C(F)(F)F)cc(C(F)(F)F)c1. The van der Waals surface area contributed by atoms with Crippen LogP contribution in [-0.2, 0) is 18.8 Å². The average Bonchev–Trinajstić information content (AvgIpc) is 2.45. The number of hydrogen-bond acceptors (Lipinski definition) is 1. The maximum Gasteiger partial charge on any atom is 0.416 e. The number of alkyl halides is 6. The molecule has 0 saturated heterocycles. The van der Waals surface area contributed by atoms with E-state index >= 15 is 0 Å². The van der Waals surface area contributed by atoms with Crippen molar-refractivity contribution in [3.63, 3.8) is 0 Å². The molecule has 0 amide bonds. The summed E-state index contributed by atoms with van der Waals surface area (Å²) in [6.45, 7) is 0. The number of benzene rings is 2. The fraction of sp³-hybridized carbons (Fsp3) is 0.188. The van der Waals surface area contributed by atoms with Gasteiger partial charge in [-0.15, -0.1) is 0 Å². The molecule has 128 valence electrons. The summed E-state index contributed by atoms with van der Waals surface area (Å²) in [6.07, 6.45) is -9.99. The predicted molar refractivity (Wildman–Crippen MR) is 76.7 cm³/mol. The van der Waals surface area contributed by atoms with E-state index in [1.165, 1.54) is 12.1 Å². The van der Waals surface area contributed by atoms with Crippen LogP contribution in [-0.4, -0.2) is 5.84 Å². The Labute approximate surface area is 133 Å². The molecule has 0 aliphatic carbocycles. The third kappa shape index (κ3) is 4.06. The van der Waals surface area contributed by atoms with Gasteiger partial charge in [0.1, 0.15) is 5.84 Å². The van der Waals surface area contributed by atoms with Crippen LogP contribution in [0.2, 0.25) is 0 Å².